The van der Waals surface area contributed by atoms with Crippen LogP contribution < -0.4 is 0 Å². The van der Waals surface area contributed by atoms with Gasteiger partial charge in [-0.1, -0.05) is 139 Å². The zero-order valence-corrected chi connectivity index (χ0v) is 52.0. The van der Waals surface area contributed by atoms with Gasteiger partial charge >= 0.3 is 0 Å². The van der Waals surface area contributed by atoms with Gasteiger partial charge in [0, 0.05) is 90.7 Å². The minimum absolute atomic E-state index is 0. The second kappa shape index (κ2) is 28.4. The molecule has 0 unspecified atom stereocenters. The van der Waals surface area contributed by atoms with E-state index in [1.54, 1.807) is 32.2 Å². The highest BCUT2D eigenvalue weighted by Crippen LogP contribution is 2.69. The van der Waals surface area contributed by atoms with Crippen molar-refractivity contribution in [2.45, 2.75) is 190 Å². The first-order valence-corrected chi connectivity index (χ1v) is 37.0. The zero-order valence-electron chi connectivity index (χ0n) is 46.3. The van der Waals surface area contributed by atoms with Crippen molar-refractivity contribution in [1.82, 2.24) is 0 Å². The Balaban J connectivity index is 0.000000194. The molecule has 0 spiro atoms. The van der Waals surface area contributed by atoms with Crippen LogP contribution in [0.4, 0.5) is 0 Å². The summed E-state index contributed by atoms with van der Waals surface area (Å²) in [5, 5.41) is 10.3. The summed E-state index contributed by atoms with van der Waals surface area (Å²) < 4.78 is 0. The highest BCUT2D eigenvalue weighted by Gasteiger charge is 2.60. The van der Waals surface area contributed by atoms with Gasteiger partial charge in [0.05, 0.1) is 6.10 Å². The second-order valence-corrected chi connectivity index (χ2v) is 34.3. The first-order valence-electron chi connectivity index (χ1n) is 29.0. The van der Waals surface area contributed by atoms with E-state index in [-0.39, 0.29) is 13.5 Å². The molecule has 8 heteroatoms. The number of allylic oxidation sites excluding steroid dienone is 3. The Morgan fingerprint density at radius 3 is 1.46 bits per heavy atom. The number of hydrogen-bond donors (Lipinski definition) is 1. The Bertz CT molecular complexity index is 2660. The molecule has 10 rings (SSSR count). The molecule has 0 aliphatic heterocycles. The molecule has 1 N–H and O–H groups in total. The zero-order chi connectivity index (χ0) is 53.1. The summed E-state index contributed by atoms with van der Waals surface area (Å²) in [6, 6.07) is 20.3. The predicted octanol–water partition coefficient (Wildman–Crippen LogP) is 16.7. The van der Waals surface area contributed by atoms with Gasteiger partial charge < -0.3 is 5.11 Å². The molecule has 0 heterocycles. The van der Waals surface area contributed by atoms with E-state index < -0.39 is 0 Å². The highest BCUT2D eigenvalue weighted by molar-refractivity contribution is 8.68. The van der Waals surface area contributed by atoms with Crippen LogP contribution in [0.5, 0.6) is 0 Å². The van der Waals surface area contributed by atoms with Crippen LogP contribution in [0.1, 0.15) is 195 Å². The normalized spacial score (nSPS) is 35.6. The van der Waals surface area contributed by atoms with Crippen molar-refractivity contribution in [2.75, 3.05) is 0 Å². The van der Waals surface area contributed by atoms with Crippen molar-refractivity contribution in [3.8, 4) is 47.4 Å². The monoisotopic (exact) mass is 1150 g/mol. The largest absolute Gasteiger partial charge is 0.393 e. The Kier molecular flexibility index (Phi) is 22.9. The average Bonchev–Trinajstić information content (AvgIpc) is 3.97. The maximum Gasteiger partial charge on any atom is 0.0577 e. The van der Waals surface area contributed by atoms with Crippen molar-refractivity contribution in [1.29, 1.82) is 0 Å². The van der Waals surface area contributed by atoms with E-state index in [0.29, 0.717) is 21.7 Å². The van der Waals surface area contributed by atoms with E-state index in [0.717, 1.165) is 102 Å². The van der Waals surface area contributed by atoms with Gasteiger partial charge in [0.25, 0.3) is 0 Å². The minimum Gasteiger partial charge on any atom is -0.393 e. The topological polar surface area (TPSA) is 20.2 Å². The van der Waals surface area contributed by atoms with Crippen LogP contribution in [-0.4, -0.2) is 11.2 Å². The van der Waals surface area contributed by atoms with E-state index in [9.17, 15) is 5.11 Å². The van der Waals surface area contributed by atoms with Crippen molar-refractivity contribution in [3.63, 3.8) is 0 Å². The third-order valence-corrected chi connectivity index (χ3v) is 30.7. The van der Waals surface area contributed by atoms with Crippen molar-refractivity contribution >= 4 is 66.8 Å². The maximum absolute atomic E-state index is 10.3. The van der Waals surface area contributed by atoms with Crippen LogP contribution in [0.15, 0.2) is 84.0 Å². The summed E-state index contributed by atoms with van der Waals surface area (Å²) in [5.74, 6) is 34.7. The van der Waals surface area contributed by atoms with Crippen LogP contribution in [0.25, 0.3) is 0 Å². The number of hydrogen-bond acceptors (Lipinski definition) is 3. The summed E-state index contributed by atoms with van der Waals surface area (Å²) in [4.78, 5) is 0. The summed E-state index contributed by atoms with van der Waals surface area (Å²) in [5.41, 5.74) is 7.42. The lowest BCUT2D eigenvalue weighted by Gasteiger charge is -2.58. The number of rotatable bonds is 6. The number of aliphatic hydroxyl groups excluding tert-OH is 1. The third-order valence-electron chi connectivity index (χ3n) is 21.8. The first-order chi connectivity index (χ1) is 36.2. The fraction of sp³-hybridized carbons (Fsp3) is 0.647. The second-order valence-electron chi connectivity index (χ2n) is 25.4. The van der Waals surface area contributed by atoms with Crippen LogP contribution in [0.3, 0.4) is 0 Å². The molecule has 76 heavy (non-hydrogen) atoms. The van der Waals surface area contributed by atoms with E-state index in [4.69, 9.17) is 0 Å². The van der Waals surface area contributed by atoms with Gasteiger partial charge in [-0.3, -0.25) is 0 Å². The van der Waals surface area contributed by atoms with Gasteiger partial charge in [-0.15, -0.1) is 0 Å². The molecule has 2 aromatic rings. The fourth-order valence-corrected chi connectivity index (χ4v) is 26.2. The van der Waals surface area contributed by atoms with Gasteiger partial charge in [0.15, 0.2) is 0 Å². The molecule has 6 fully saturated rings. The van der Waals surface area contributed by atoms with Crippen molar-refractivity contribution in [3.05, 3.63) is 95.1 Å². The molecule has 410 valence electrons. The van der Waals surface area contributed by atoms with Crippen LogP contribution in [-0.2, 0) is 66.8 Å². The number of benzene rings is 2. The van der Waals surface area contributed by atoms with Gasteiger partial charge in [0.2, 0.25) is 0 Å². The molecule has 8 aliphatic carbocycles. The van der Waals surface area contributed by atoms with Crippen LogP contribution in [0.2, 0.25) is 0 Å². The molecule has 1 nitrogen and oxygen atoms in total. The summed E-state index contributed by atoms with van der Waals surface area (Å²) in [6.07, 6.45) is 31.0. The fourth-order valence-electron chi connectivity index (χ4n) is 17.9. The third kappa shape index (κ3) is 14.0. The first kappa shape index (κ1) is 61.3. The smallest absolute Gasteiger partial charge is 0.0577 e. The minimum atomic E-state index is -0.103. The molecule has 0 radical (unpaired) electrons. The van der Waals surface area contributed by atoms with Crippen LogP contribution >= 0.6 is 0 Å². The van der Waals surface area contributed by atoms with Crippen molar-refractivity contribution < 1.29 is 5.11 Å². The Morgan fingerprint density at radius 2 is 1.00 bits per heavy atom. The summed E-state index contributed by atoms with van der Waals surface area (Å²) >= 11 is 9.14. The Labute approximate surface area is 487 Å². The predicted molar refractivity (Wildman–Crippen MR) is 343 cm³/mol. The lowest BCUT2D eigenvalue weighted by Crippen LogP contribution is -2.50. The van der Waals surface area contributed by atoms with E-state index in [1.165, 1.54) is 120 Å². The van der Waals surface area contributed by atoms with E-state index >= 15 is 0 Å². The molecule has 0 bridgehead atoms. The molecule has 0 amide bonds. The summed E-state index contributed by atoms with van der Waals surface area (Å²) in [6.45, 7) is 18.0. The van der Waals surface area contributed by atoms with Gasteiger partial charge in [-0.2, -0.15) is 0 Å². The van der Waals surface area contributed by atoms with Gasteiger partial charge in [0.1, 0.15) is 0 Å². The molecule has 2 aromatic carbocycles. The van der Waals surface area contributed by atoms with Gasteiger partial charge in [-0.25, -0.2) is 0 Å². The molecule has 8 aliphatic rings. The van der Waals surface area contributed by atoms with E-state index in [1.807, 2.05) is 66.2 Å². The quantitative estimate of drug-likeness (QED) is 0.230. The molecular weight excluding hydrogens is 1060 g/mol. The maximum atomic E-state index is 10.3. The average molecular weight is 1150 g/mol. The van der Waals surface area contributed by atoms with Crippen molar-refractivity contribution in [2.24, 2.45) is 86.8 Å². The molecule has 0 aromatic heterocycles. The summed E-state index contributed by atoms with van der Waals surface area (Å²) in [7, 11) is 7.36. The number of fused-ring (bicyclic) bond motifs is 10. The SMILES string of the molecule is C.C[C@H](CCC#CC#Cc1ccccc1)[C@H]1CC[C@H]2[C@@H]3CC=C4C[C@@H](O)CC[C@]4(C)[C@H]3CC[C@]12C.C[C@H]1CC[C@@]2(C)C(=CC[C@H]3[C@@H]4CC[C@H]([C@H](C)CCC#CC#Cc5ccccc5)[C@@]4(C)CC[C@@H]32)C1.S=S=S=S=S=S=S. The highest BCUT2D eigenvalue weighted by atomic mass is 33.4. The molecule has 0 saturated heterocycles. The molecule has 16 atom stereocenters. The lowest BCUT2D eigenvalue weighted by molar-refractivity contribution is -0.0570. The lowest BCUT2D eigenvalue weighted by atomic mass is 9.46. The van der Waals surface area contributed by atoms with Crippen LogP contribution in [0, 0.1) is 134 Å². The number of aliphatic hydroxyl groups is 1. The molecular formula is C68H90OS7. The van der Waals surface area contributed by atoms with E-state index in [2.05, 4.69) is 130 Å². The molecule has 6 saturated carbocycles. The Hall–Kier alpha value is -2.34. The standard InChI is InChI=1S/C34H44.C33H42O.CH4.S7/c1-25-20-22-33(3)28(24-25)16-17-29-31-19-18-30(34(31,4)23-21-32(29)33)26(2)12-8-5-6-9-13-27-14-10-7-11-15-27;1-24(11-7-4-5-8-12-25-13-9-6-10-14-25)29-17-18-30-28-16-15-26-23-27(34)19-21-32(26,2)31(28)20-22-33(29,30)3;;1-3-5-7-6-4-2/h7,10-11,14-16,25-26,29-32H,8,12,17-24H2,1-4H3;6,9-10,13-15,24,27-31,34H,7,11,16-23H2,1-3H3;1H4;/t25-,26+,29-,30+,31-,32-,33-,34+;24-,27+,28+,29-,30+,31+,32+,33-;;/m01../s1. The Morgan fingerprint density at radius 1 is 0.553 bits per heavy atom. The van der Waals surface area contributed by atoms with Gasteiger partial charge in [-0.05, 0) is 250 Å².